The van der Waals surface area contributed by atoms with Gasteiger partial charge in [-0.2, -0.15) is 0 Å². The average molecular weight is 417 g/mol. The van der Waals surface area contributed by atoms with E-state index < -0.39 is 5.66 Å². The monoisotopic (exact) mass is 416 g/mol. The molecular formula is C29H24N2O. The summed E-state index contributed by atoms with van der Waals surface area (Å²) in [6, 6.07) is 39.2. The Bertz CT molecular complexity index is 1260. The van der Waals surface area contributed by atoms with Gasteiger partial charge in [-0.25, -0.2) is 0 Å². The summed E-state index contributed by atoms with van der Waals surface area (Å²) in [5.41, 5.74) is 4.69. The van der Waals surface area contributed by atoms with Gasteiger partial charge in [0.2, 0.25) is 0 Å². The van der Waals surface area contributed by atoms with Crippen LogP contribution in [0.15, 0.2) is 115 Å². The number of ketones is 1. The molecule has 0 saturated carbocycles. The van der Waals surface area contributed by atoms with E-state index in [1.807, 2.05) is 42.5 Å². The summed E-state index contributed by atoms with van der Waals surface area (Å²) in [6.45, 7) is 0. The number of benzene rings is 4. The third-order valence-electron chi connectivity index (χ3n) is 6.92. The number of nitrogens with zero attached hydrogens (tertiary/aromatic N) is 1. The number of carbonyl (C=O) groups excluding carboxylic acids is 1. The van der Waals surface area contributed by atoms with E-state index in [1.54, 1.807) is 0 Å². The van der Waals surface area contributed by atoms with Crippen molar-refractivity contribution in [2.75, 3.05) is 10.2 Å². The highest BCUT2D eigenvalue weighted by Gasteiger charge is 2.61. The molecule has 0 amide bonds. The molecule has 156 valence electrons. The van der Waals surface area contributed by atoms with E-state index in [0.29, 0.717) is 0 Å². The summed E-state index contributed by atoms with van der Waals surface area (Å²) >= 11 is 0. The fourth-order valence-corrected chi connectivity index (χ4v) is 5.58. The third kappa shape index (κ3) is 2.71. The third-order valence-corrected chi connectivity index (χ3v) is 6.92. The molecule has 32 heavy (non-hydrogen) atoms. The van der Waals surface area contributed by atoms with Crippen LogP contribution in [0.4, 0.5) is 11.4 Å². The van der Waals surface area contributed by atoms with Crippen LogP contribution in [0.2, 0.25) is 0 Å². The van der Waals surface area contributed by atoms with Crippen molar-refractivity contribution in [1.29, 1.82) is 0 Å². The quantitative estimate of drug-likeness (QED) is 0.390. The minimum atomic E-state index is -0.640. The molecular weight excluding hydrogens is 392 g/mol. The lowest BCUT2D eigenvalue weighted by molar-refractivity contribution is 0.0883. The second-order valence-electron chi connectivity index (χ2n) is 8.59. The van der Waals surface area contributed by atoms with Crippen LogP contribution in [0.3, 0.4) is 0 Å². The van der Waals surface area contributed by atoms with Crippen molar-refractivity contribution in [2.45, 2.75) is 18.1 Å². The lowest BCUT2D eigenvalue weighted by Gasteiger charge is -2.40. The first-order valence-corrected chi connectivity index (χ1v) is 11.2. The maximum atomic E-state index is 14.0. The van der Waals surface area contributed by atoms with Gasteiger partial charge in [0.1, 0.15) is 5.66 Å². The fraction of sp³-hybridized carbons (Fsp3) is 0.138. The Morgan fingerprint density at radius 1 is 0.750 bits per heavy atom. The highest BCUT2D eigenvalue weighted by molar-refractivity contribution is 6.01. The molecule has 3 heteroatoms. The molecule has 0 radical (unpaired) electrons. The van der Waals surface area contributed by atoms with Crippen molar-refractivity contribution in [3.8, 4) is 0 Å². The number of rotatable bonds is 4. The van der Waals surface area contributed by atoms with E-state index >= 15 is 0 Å². The molecule has 2 aliphatic heterocycles. The second-order valence-corrected chi connectivity index (χ2v) is 8.59. The summed E-state index contributed by atoms with van der Waals surface area (Å²) in [7, 11) is 0. The molecule has 1 N–H and O–H groups in total. The highest BCUT2D eigenvalue weighted by atomic mass is 16.1. The Morgan fingerprint density at radius 2 is 1.34 bits per heavy atom. The first kappa shape index (κ1) is 18.9. The predicted molar refractivity (Wildman–Crippen MR) is 129 cm³/mol. The molecule has 6 rings (SSSR count). The maximum Gasteiger partial charge on any atom is 0.170 e. The summed E-state index contributed by atoms with van der Waals surface area (Å²) in [5, 5.41) is 3.83. The first-order valence-electron chi connectivity index (χ1n) is 11.2. The molecule has 3 nitrogen and oxygen atoms in total. The Balaban J connectivity index is 1.59. The Morgan fingerprint density at radius 3 is 2.06 bits per heavy atom. The average Bonchev–Trinajstić information content (AvgIpc) is 3.39. The van der Waals surface area contributed by atoms with E-state index in [1.165, 1.54) is 5.56 Å². The van der Waals surface area contributed by atoms with Gasteiger partial charge in [-0.05, 0) is 29.7 Å². The summed E-state index contributed by atoms with van der Waals surface area (Å²) in [4.78, 5) is 16.5. The summed E-state index contributed by atoms with van der Waals surface area (Å²) in [6.07, 6.45) is 0.744. The van der Waals surface area contributed by atoms with E-state index in [9.17, 15) is 4.79 Å². The zero-order chi connectivity index (χ0) is 21.5. The number of Topliss-reactive ketones (excluding diaryl/α,β-unsaturated/α-hetero) is 1. The number of nitrogens with one attached hydrogen (secondary N) is 1. The van der Waals surface area contributed by atoms with Gasteiger partial charge >= 0.3 is 0 Å². The summed E-state index contributed by atoms with van der Waals surface area (Å²) in [5.74, 6) is -0.0666. The van der Waals surface area contributed by atoms with Crippen LogP contribution in [-0.4, -0.2) is 5.78 Å². The summed E-state index contributed by atoms with van der Waals surface area (Å²) < 4.78 is 0. The fourth-order valence-electron chi connectivity index (χ4n) is 5.58. The topological polar surface area (TPSA) is 32.3 Å². The van der Waals surface area contributed by atoms with Gasteiger partial charge in [0.25, 0.3) is 0 Å². The molecule has 2 aliphatic rings. The molecule has 0 aliphatic carbocycles. The van der Waals surface area contributed by atoms with Crippen molar-refractivity contribution in [3.63, 3.8) is 0 Å². The van der Waals surface area contributed by atoms with Crippen molar-refractivity contribution >= 4 is 17.2 Å². The zero-order valence-corrected chi connectivity index (χ0v) is 17.7. The van der Waals surface area contributed by atoms with Crippen molar-refractivity contribution in [3.05, 3.63) is 132 Å². The normalized spacial score (nSPS) is 23.3. The Hall–Kier alpha value is -3.85. The smallest absolute Gasteiger partial charge is 0.170 e. The van der Waals surface area contributed by atoms with E-state index in [-0.39, 0.29) is 17.7 Å². The SMILES string of the molecule is O=C(c1ccccc1)C1CC(c2ccccc2)N2c3ccccc3NC12c1ccccc1. The highest BCUT2D eigenvalue weighted by Crippen LogP contribution is 2.60. The maximum absolute atomic E-state index is 14.0. The molecule has 2 heterocycles. The van der Waals surface area contributed by atoms with Crippen LogP contribution < -0.4 is 10.2 Å². The molecule has 3 unspecified atom stereocenters. The van der Waals surface area contributed by atoms with Crippen LogP contribution in [0.5, 0.6) is 0 Å². The van der Waals surface area contributed by atoms with Gasteiger partial charge in [0.15, 0.2) is 5.78 Å². The molecule has 0 bridgehead atoms. The largest absolute Gasteiger partial charge is 0.357 e. The molecule has 0 aromatic heterocycles. The zero-order valence-electron chi connectivity index (χ0n) is 17.7. The van der Waals surface area contributed by atoms with Crippen molar-refractivity contribution in [2.24, 2.45) is 5.92 Å². The standard InChI is InChI=1S/C29H24N2O/c32-28(22-14-6-2-7-15-22)24-20-27(21-12-4-1-5-13-21)31-26-19-11-10-18-25(26)30-29(24,31)23-16-8-3-9-17-23/h1-19,24,27,30H,20H2. The molecule has 1 fully saturated rings. The Labute approximate surface area is 188 Å². The lowest BCUT2D eigenvalue weighted by atomic mass is 9.81. The molecule has 1 saturated heterocycles. The minimum absolute atomic E-state index is 0.0882. The lowest BCUT2D eigenvalue weighted by Crippen LogP contribution is -2.50. The van der Waals surface area contributed by atoms with Gasteiger partial charge in [-0.15, -0.1) is 0 Å². The van der Waals surface area contributed by atoms with E-state index in [2.05, 4.69) is 83.0 Å². The van der Waals surface area contributed by atoms with E-state index in [4.69, 9.17) is 0 Å². The van der Waals surface area contributed by atoms with Crippen molar-refractivity contribution in [1.82, 2.24) is 0 Å². The first-order chi connectivity index (χ1) is 15.8. The van der Waals surface area contributed by atoms with E-state index in [0.717, 1.165) is 28.9 Å². The second kappa shape index (κ2) is 7.38. The Kier molecular flexibility index (Phi) is 4.36. The van der Waals surface area contributed by atoms with Crippen LogP contribution >= 0.6 is 0 Å². The predicted octanol–water partition coefficient (Wildman–Crippen LogP) is 6.42. The van der Waals surface area contributed by atoms with Crippen molar-refractivity contribution < 1.29 is 4.79 Å². The van der Waals surface area contributed by atoms with Gasteiger partial charge in [0, 0.05) is 5.56 Å². The number of para-hydroxylation sites is 2. The van der Waals surface area contributed by atoms with Gasteiger partial charge < -0.3 is 10.2 Å². The molecule has 3 atom stereocenters. The number of carbonyl (C=O) groups is 1. The number of anilines is 2. The van der Waals surface area contributed by atoms with Crippen LogP contribution in [0, 0.1) is 5.92 Å². The number of fused-ring (bicyclic) bond motifs is 3. The molecule has 4 aromatic rings. The molecule has 0 spiro atoms. The van der Waals surface area contributed by atoms with Gasteiger partial charge in [-0.1, -0.05) is 103 Å². The van der Waals surface area contributed by atoms with Crippen LogP contribution in [0.1, 0.15) is 33.9 Å². The minimum Gasteiger partial charge on any atom is -0.357 e. The molecule has 4 aromatic carbocycles. The number of hydrogen-bond donors (Lipinski definition) is 1. The number of hydrogen-bond acceptors (Lipinski definition) is 3. The van der Waals surface area contributed by atoms with Crippen LogP contribution in [-0.2, 0) is 5.66 Å². The van der Waals surface area contributed by atoms with Gasteiger partial charge in [-0.3, -0.25) is 4.79 Å². The van der Waals surface area contributed by atoms with Gasteiger partial charge in [0.05, 0.1) is 23.3 Å². The van der Waals surface area contributed by atoms with Crippen LogP contribution in [0.25, 0.3) is 0 Å².